The monoisotopic (exact) mass is 327 g/mol. The van der Waals surface area contributed by atoms with Crippen molar-refractivity contribution in [2.24, 2.45) is 0 Å². The van der Waals surface area contributed by atoms with Crippen molar-refractivity contribution in [2.75, 3.05) is 0 Å². The number of hydrogen-bond acceptors (Lipinski definition) is 1. The first-order chi connectivity index (χ1) is 9.54. The normalized spacial score (nSPS) is 11.9. The summed E-state index contributed by atoms with van der Waals surface area (Å²) in [6.45, 7) is 0. The molecule has 0 aliphatic heterocycles. The van der Waals surface area contributed by atoms with Crippen molar-refractivity contribution in [2.45, 2.75) is 12.3 Å². The number of nitrogens with zero attached hydrogens (tertiary/aromatic N) is 1. The minimum absolute atomic E-state index is 0.117. The molecule has 2 rings (SSSR count). The van der Waals surface area contributed by atoms with E-state index in [1.165, 1.54) is 12.1 Å². The number of rotatable bonds is 3. The largest absolute Gasteiger partial charge is 0.207 e. The molecule has 1 atom stereocenters. The highest BCUT2D eigenvalue weighted by molar-refractivity contribution is 6.36. The summed E-state index contributed by atoms with van der Waals surface area (Å²) in [5.74, 6) is -1.11. The van der Waals surface area contributed by atoms with E-state index in [-0.39, 0.29) is 17.0 Å². The highest BCUT2D eigenvalue weighted by Gasteiger charge is 2.21. The van der Waals surface area contributed by atoms with Gasteiger partial charge in [-0.15, -0.1) is 0 Å². The maximum atomic E-state index is 13.8. The molecule has 0 heterocycles. The van der Waals surface area contributed by atoms with Crippen LogP contribution in [0.2, 0.25) is 15.1 Å². The second-order valence-electron chi connectivity index (χ2n) is 4.22. The Bertz CT molecular complexity index is 639. The molecular weight excluding hydrogens is 320 g/mol. The molecule has 1 unspecified atom stereocenters. The molecule has 0 saturated heterocycles. The van der Waals surface area contributed by atoms with Crippen LogP contribution in [0.15, 0.2) is 36.4 Å². The van der Waals surface area contributed by atoms with E-state index in [0.717, 1.165) is 0 Å². The highest BCUT2D eigenvalue weighted by atomic mass is 35.5. The van der Waals surface area contributed by atoms with Gasteiger partial charge in [-0.05, 0) is 30.7 Å². The van der Waals surface area contributed by atoms with Gasteiger partial charge in [0, 0.05) is 26.2 Å². The molecule has 1 nitrogen and oxygen atoms in total. The Morgan fingerprint density at radius 3 is 2.10 bits per heavy atom. The maximum Gasteiger partial charge on any atom is 0.127 e. The molecule has 0 spiro atoms. The van der Waals surface area contributed by atoms with Gasteiger partial charge in [-0.1, -0.05) is 46.9 Å². The van der Waals surface area contributed by atoms with Gasteiger partial charge in [0.05, 0.1) is 12.0 Å². The molecule has 102 valence electrons. The van der Waals surface area contributed by atoms with Crippen LogP contribution in [0.1, 0.15) is 17.0 Å². The molecule has 2 aromatic rings. The Hall–Kier alpha value is -1.27. The van der Waals surface area contributed by atoms with E-state index in [0.29, 0.717) is 15.6 Å². The van der Waals surface area contributed by atoms with Gasteiger partial charge in [0.15, 0.2) is 0 Å². The van der Waals surface area contributed by atoms with Crippen LogP contribution >= 0.6 is 34.8 Å². The maximum absolute atomic E-state index is 13.8. The van der Waals surface area contributed by atoms with E-state index < -0.39 is 11.7 Å². The van der Waals surface area contributed by atoms with Gasteiger partial charge in [0.2, 0.25) is 0 Å². The third-order valence-corrected chi connectivity index (χ3v) is 3.99. The summed E-state index contributed by atoms with van der Waals surface area (Å²) in [5.41, 5.74) is 0.786. The van der Waals surface area contributed by atoms with Crippen LogP contribution in [0, 0.1) is 17.1 Å². The van der Waals surface area contributed by atoms with Crippen molar-refractivity contribution >= 4 is 34.8 Å². The molecular formula is C15H9Cl3FN. The van der Waals surface area contributed by atoms with E-state index in [1.807, 2.05) is 0 Å². The molecule has 20 heavy (non-hydrogen) atoms. The smallest absolute Gasteiger partial charge is 0.127 e. The average molecular weight is 329 g/mol. The fourth-order valence-electron chi connectivity index (χ4n) is 1.99. The second-order valence-corrected chi connectivity index (χ2v) is 5.44. The van der Waals surface area contributed by atoms with Gasteiger partial charge in [0.1, 0.15) is 5.82 Å². The first-order valence-electron chi connectivity index (χ1n) is 5.81. The summed E-state index contributed by atoms with van der Waals surface area (Å²) in [6.07, 6.45) is 0.117. The predicted molar refractivity (Wildman–Crippen MR) is 79.9 cm³/mol. The fourth-order valence-corrected chi connectivity index (χ4v) is 2.89. The molecule has 0 aliphatic rings. The van der Waals surface area contributed by atoms with Gasteiger partial charge >= 0.3 is 0 Å². The minimum atomic E-state index is -0.661. The van der Waals surface area contributed by atoms with Crippen molar-refractivity contribution < 1.29 is 4.39 Å². The summed E-state index contributed by atoms with van der Waals surface area (Å²) in [7, 11) is 0. The molecule has 0 amide bonds. The van der Waals surface area contributed by atoms with E-state index >= 15 is 0 Å². The average Bonchev–Trinajstić information content (AvgIpc) is 2.40. The Morgan fingerprint density at radius 2 is 1.55 bits per heavy atom. The zero-order chi connectivity index (χ0) is 14.7. The third-order valence-electron chi connectivity index (χ3n) is 2.97. The topological polar surface area (TPSA) is 23.8 Å². The van der Waals surface area contributed by atoms with Crippen LogP contribution in [0.5, 0.6) is 0 Å². The van der Waals surface area contributed by atoms with Gasteiger partial charge in [0.25, 0.3) is 0 Å². The van der Waals surface area contributed by atoms with E-state index in [2.05, 4.69) is 6.07 Å². The van der Waals surface area contributed by atoms with Crippen molar-refractivity contribution in [3.8, 4) is 6.07 Å². The van der Waals surface area contributed by atoms with Gasteiger partial charge < -0.3 is 0 Å². The molecule has 0 radical (unpaired) electrons. The van der Waals surface area contributed by atoms with Crippen LogP contribution in [0.3, 0.4) is 0 Å². The lowest BCUT2D eigenvalue weighted by molar-refractivity contribution is 0.604. The number of benzene rings is 2. The lowest BCUT2D eigenvalue weighted by Crippen LogP contribution is -2.04. The van der Waals surface area contributed by atoms with Crippen molar-refractivity contribution in [3.63, 3.8) is 0 Å². The molecule has 0 bridgehead atoms. The van der Waals surface area contributed by atoms with Crippen LogP contribution < -0.4 is 0 Å². The Labute approximate surface area is 131 Å². The molecule has 0 saturated carbocycles. The summed E-state index contributed by atoms with van der Waals surface area (Å²) in [5, 5.41) is 10.4. The number of halogens is 4. The standard InChI is InChI=1S/C15H9Cl3FN/c16-11-3-2-6-14(19)10(11)7-9(8-20)15-12(17)4-1-5-13(15)18/h1-6,9H,7H2. The van der Waals surface area contributed by atoms with Crippen molar-refractivity contribution in [1.82, 2.24) is 0 Å². The molecule has 5 heteroatoms. The zero-order valence-electron chi connectivity index (χ0n) is 10.2. The first-order valence-corrected chi connectivity index (χ1v) is 6.94. The molecule has 0 aliphatic carbocycles. The van der Waals surface area contributed by atoms with Crippen molar-refractivity contribution in [1.29, 1.82) is 5.26 Å². The molecule has 0 fully saturated rings. The summed E-state index contributed by atoms with van der Waals surface area (Å²) in [6, 6.07) is 11.5. The molecule has 2 aromatic carbocycles. The Balaban J connectivity index is 2.43. The fraction of sp³-hybridized carbons (Fsp3) is 0.133. The summed E-state index contributed by atoms with van der Waals surface area (Å²) >= 11 is 18.2. The van der Waals surface area contributed by atoms with Crippen LogP contribution in [-0.4, -0.2) is 0 Å². The quantitative estimate of drug-likeness (QED) is 0.715. The second kappa shape index (κ2) is 6.45. The number of nitriles is 1. The number of hydrogen-bond donors (Lipinski definition) is 0. The van der Waals surface area contributed by atoms with E-state index in [4.69, 9.17) is 34.8 Å². The van der Waals surface area contributed by atoms with Gasteiger partial charge in [-0.2, -0.15) is 5.26 Å². The summed E-state index contributed by atoms with van der Waals surface area (Å²) < 4.78 is 13.8. The zero-order valence-corrected chi connectivity index (χ0v) is 12.5. The lowest BCUT2D eigenvalue weighted by atomic mass is 9.93. The Kier molecular flexibility index (Phi) is 4.88. The lowest BCUT2D eigenvalue weighted by Gasteiger charge is -2.14. The highest BCUT2D eigenvalue weighted by Crippen LogP contribution is 2.35. The van der Waals surface area contributed by atoms with Gasteiger partial charge in [-0.3, -0.25) is 0 Å². The minimum Gasteiger partial charge on any atom is -0.207 e. The van der Waals surface area contributed by atoms with Crippen molar-refractivity contribution in [3.05, 3.63) is 68.4 Å². The molecule has 0 aromatic heterocycles. The first kappa shape index (κ1) is 15.1. The van der Waals surface area contributed by atoms with Crippen LogP contribution in [0.4, 0.5) is 4.39 Å². The molecule has 0 N–H and O–H groups in total. The van der Waals surface area contributed by atoms with Crippen LogP contribution in [0.25, 0.3) is 0 Å². The van der Waals surface area contributed by atoms with E-state index in [9.17, 15) is 9.65 Å². The predicted octanol–water partition coefficient (Wildman–Crippen LogP) is 5.64. The SMILES string of the molecule is N#CC(Cc1c(F)cccc1Cl)c1c(Cl)cccc1Cl. The van der Waals surface area contributed by atoms with E-state index in [1.54, 1.807) is 24.3 Å². The Morgan fingerprint density at radius 1 is 1.00 bits per heavy atom. The summed E-state index contributed by atoms with van der Waals surface area (Å²) in [4.78, 5) is 0. The third kappa shape index (κ3) is 3.07. The van der Waals surface area contributed by atoms with Crippen LogP contribution in [-0.2, 0) is 6.42 Å². The van der Waals surface area contributed by atoms with Gasteiger partial charge in [-0.25, -0.2) is 4.39 Å².